The molecular weight excluding hydrogens is 430 g/mol. The molecule has 2 aliphatic heterocycles. The lowest BCUT2D eigenvalue weighted by molar-refractivity contribution is 0.0748. The molecule has 0 aliphatic carbocycles. The van der Waals surface area contributed by atoms with E-state index in [9.17, 15) is 9.90 Å². The Balaban J connectivity index is 1.33. The van der Waals surface area contributed by atoms with Crippen molar-refractivity contribution in [3.63, 3.8) is 0 Å². The van der Waals surface area contributed by atoms with E-state index in [4.69, 9.17) is 4.74 Å². The lowest BCUT2D eigenvalue weighted by Crippen LogP contribution is -2.25. The number of H-pyrrole nitrogens is 1. The van der Waals surface area contributed by atoms with Crippen LogP contribution in [0.3, 0.4) is 0 Å². The zero-order chi connectivity index (χ0) is 23.8. The van der Waals surface area contributed by atoms with Gasteiger partial charge >= 0.3 is 0 Å². The second kappa shape index (κ2) is 9.02. The van der Waals surface area contributed by atoms with Gasteiger partial charge in [0.15, 0.2) is 0 Å². The Kier molecular flexibility index (Phi) is 5.91. The first-order chi connectivity index (χ1) is 16.4. The fourth-order valence-corrected chi connectivity index (χ4v) is 4.68. The number of rotatable bonds is 7. The van der Waals surface area contributed by atoms with Gasteiger partial charge in [-0.05, 0) is 56.3 Å². The number of phenolic OH excluding ortho intramolecular Hbond substituents is 1. The maximum absolute atomic E-state index is 13.4. The third kappa shape index (κ3) is 4.33. The Morgan fingerprint density at radius 3 is 2.82 bits per heavy atom. The number of carbonyl (C=O) groups excluding carboxylic acids is 1. The van der Waals surface area contributed by atoms with Crippen LogP contribution in [0.1, 0.15) is 40.0 Å². The highest BCUT2D eigenvalue weighted by Gasteiger charge is 2.27. The zero-order valence-corrected chi connectivity index (χ0v) is 19.8. The van der Waals surface area contributed by atoms with Crippen molar-refractivity contribution in [2.24, 2.45) is 0 Å². The van der Waals surface area contributed by atoms with Crippen LogP contribution >= 0.6 is 0 Å². The second-order valence-corrected chi connectivity index (χ2v) is 9.42. The molecule has 178 valence electrons. The summed E-state index contributed by atoms with van der Waals surface area (Å²) in [6, 6.07) is 9.35. The number of aromatic amines is 1. The summed E-state index contributed by atoms with van der Waals surface area (Å²) in [7, 11) is 4.02. The van der Waals surface area contributed by atoms with Crippen LogP contribution in [-0.2, 0) is 19.6 Å². The van der Waals surface area contributed by atoms with Gasteiger partial charge in [-0.1, -0.05) is 12.6 Å². The molecule has 0 atom stereocenters. The normalized spacial score (nSPS) is 15.6. The molecule has 1 amide bonds. The van der Waals surface area contributed by atoms with E-state index in [1.807, 2.05) is 32.3 Å². The summed E-state index contributed by atoms with van der Waals surface area (Å²) in [5.41, 5.74) is 5.17. The van der Waals surface area contributed by atoms with Crippen LogP contribution in [0, 0.1) is 0 Å². The molecule has 0 unspecified atom stereocenters. The number of allylic oxidation sites excluding steroid dienone is 1. The maximum Gasteiger partial charge on any atom is 0.258 e. The van der Waals surface area contributed by atoms with Gasteiger partial charge in [0, 0.05) is 43.3 Å². The van der Waals surface area contributed by atoms with E-state index >= 15 is 0 Å². The summed E-state index contributed by atoms with van der Waals surface area (Å²) in [5.74, 6) is 0.580. The van der Waals surface area contributed by atoms with Gasteiger partial charge in [0.25, 0.3) is 5.91 Å². The number of carbonyl (C=O) groups is 1. The topological polar surface area (TPSA) is 84.9 Å². The van der Waals surface area contributed by atoms with Crippen molar-refractivity contribution in [3.05, 3.63) is 65.0 Å². The van der Waals surface area contributed by atoms with Crippen LogP contribution in [-0.4, -0.2) is 69.7 Å². The van der Waals surface area contributed by atoms with E-state index in [0.29, 0.717) is 31.8 Å². The molecule has 1 fully saturated rings. The van der Waals surface area contributed by atoms with Crippen molar-refractivity contribution in [3.8, 4) is 11.5 Å². The van der Waals surface area contributed by atoms with Crippen molar-refractivity contribution >= 4 is 16.8 Å². The number of hydrogen-bond acceptors (Lipinski definition) is 6. The SMILES string of the molecule is C=C1CCCN1Cc1n[nH]c2cc(O)c(C(=O)N3Cc4ccc(OCCN(C)C)cc4C3)cc12. The van der Waals surface area contributed by atoms with Gasteiger partial charge in [-0.15, -0.1) is 0 Å². The summed E-state index contributed by atoms with van der Waals surface area (Å²) in [5, 5.41) is 18.9. The predicted octanol–water partition coefficient (Wildman–Crippen LogP) is 3.47. The minimum absolute atomic E-state index is 0.0399. The molecule has 34 heavy (non-hydrogen) atoms. The van der Waals surface area contributed by atoms with Gasteiger partial charge in [-0.2, -0.15) is 5.10 Å². The Morgan fingerprint density at radius 2 is 2.06 bits per heavy atom. The number of phenols is 1. The van der Waals surface area contributed by atoms with Crippen LogP contribution in [0.25, 0.3) is 10.9 Å². The highest BCUT2D eigenvalue weighted by Crippen LogP contribution is 2.32. The number of amides is 1. The molecule has 8 heteroatoms. The number of nitrogens with zero attached hydrogens (tertiary/aromatic N) is 4. The van der Waals surface area contributed by atoms with E-state index in [-0.39, 0.29) is 11.7 Å². The number of likely N-dealkylation sites (tertiary alicyclic amines) is 1. The Labute approximate surface area is 199 Å². The maximum atomic E-state index is 13.4. The lowest BCUT2D eigenvalue weighted by atomic mass is 10.1. The third-order valence-corrected chi connectivity index (χ3v) is 6.66. The summed E-state index contributed by atoms with van der Waals surface area (Å²) >= 11 is 0. The Hall–Kier alpha value is -3.52. The molecule has 0 radical (unpaired) electrons. The third-order valence-electron chi connectivity index (χ3n) is 6.66. The van der Waals surface area contributed by atoms with E-state index in [1.165, 1.54) is 0 Å². The minimum Gasteiger partial charge on any atom is -0.507 e. The monoisotopic (exact) mass is 461 g/mol. The van der Waals surface area contributed by atoms with Gasteiger partial charge in [-0.25, -0.2) is 0 Å². The van der Waals surface area contributed by atoms with Crippen molar-refractivity contribution in [2.45, 2.75) is 32.5 Å². The van der Waals surface area contributed by atoms with E-state index < -0.39 is 0 Å². The quantitative estimate of drug-likeness (QED) is 0.561. The van der Waals surface area contributed by atoms with Gasteiger partial charge < -0.3 is 24.5 Å². The summed E-state index contributed by atoms with van der Waals surface area (Å²) in [6.45, 7) is 8.19. The number of aromatic hydroxyl groups is 1. The van der Waals surface area contributed by atoms with Crippen molar-refractivity contribution in [1.29, 1.82) is 0 Å². The fraction of sp³-hybridized carbons (Fsp3) is 0.385. The molecule has 3 aromatic rings. The number of benzene rings is 2. The van der Waals surface area contributed by atoms with E-state index in [0.717, 1.165) is 65.1 Å². The highest BCUT2D eigenvalue weighted by molar-refractivity contribution is 6.01. The summed E-state index contributed by atoms with van der Waals surface area (Å²) < 4.78 is 5.85. The van der Waals surface area contributed by atoms with E-state index in [2.05, 4.69) is 26.6 Å². The average molecular weight is 462 g/mol. The molecule has 0 spiro atoms. The predicted molar refractivity (Wildman–Crippen MR) is 131 cm³/mol. The number of aromatic nitrogens is 2. The molecule has 8 nitrogen and oxygen atoms in total. The lowest BCUT2D eigenvalue weighted by Gasteiger charge is -2.18. The summed E-state index contributed by atoms with van der Waals surface area (Å²) in [4.78, 5) is 19.5. The van der Waals surface area contributed by atoms with Crippen LogP contribution in [0.4, 0.5) is 0 Å². The Morgan fingerprint density at radius 1 is 1.24 bits per heavy atom. The molecule has 2 aliphatic rings. The van der Waals surface area contributed by atoms with E-state index in [1.54, 1.807) is 17.0 Å². The molecular formula is C26H31N5O3. The van der Waals surface area contributed by atoms with Gasteiger partial charge in [0.1, 0.15) is 18.1 Å². The highest BCUT2D eigenvalue weighted by atomic mass is 16.5. The first-order valence-electron chi connectivity index (χ1n) is 11.7. The first-order valence-corrected chi connectivity index (χ1v) is 11.7. The van der Waals surface area contributed by atoms with Crippen LogP contribution < -0.4 is 4.74 Å². The molecule has 1 saturated heterocycles. The summed E-state index contributed by atoms with van der Waals surface area (Å²) in [6.07, 6.45) is 2.11. The van der Waals surface area contributed by atoms with Crippen molar-refractivity contribution < 1.29 is 14.6 Å². The molecule has 2 N–H and O–H groups in total. The van der Waals surface area contributed by atoms with Crippen LogP contribution in [0.2, 0.25) is 0 Å². The molecule has 0 saturated carbocycles. The largest absolute Gasteiger partial charge is 0.507 e. The molecule has 5 rings (SSSR count). The van der Waals surface area contributed by atoms with Crippen LogP contribution in [0.5, 0.6) is 11.5 Å². The number of fused-ring (bicyclic) bond motifs is 2. The van der Waals surface area contributed by atoms with Gasteiger partial charge in [0.2, 0.25) is 0 Å². The Bertz CT molecular complexity index is 1250. The fourth-order valence-electron chi connectivity index (χ4n) is 4.68. The minimum atomic E-state index is -0.191. The number of nitrogens with one attached hydrogen (secondary N) is 1. The molecule has 3 heterocycles. The molecule has 0 bridgehead atoms. The van der Waals surface area contributed by atoms with Crippen molar-refractivity contribution in [2.75, 3.05) is 33.8 Å². The number of ether oxygens (including phenoxy) is 1. The van der Waals surface area contributed by atoms with Crippen LogP contribution in [0.15, 0.2) is 42.6 Å². The van der Waals surface area contributed by atoms with Gasteiger partial charge in [-0.3, -0.25) is 9.89 Å². The number of hydrogen-bond donors (Lipinski definition) is 2. The number of likely N-dealkylation sites (N-methyl/N-ethyl adjacent to an activating group) is 1. The molecule has 1 aromatic heterocycles. The van der Waals surface area contributed by atoms with Crippen molar-refractivity contribution in [1.82, 2.24) is 24.9 Å². The van der Waals surface area contributed by atoms with Gasteiger partial charge in [0.05, 0.1) is 23.3 Å². The second-order valence-electron chi connectivity index (χ2n) is 9.42. The smallest absolute Gasteiger partial charge is 0.258 e. The molecule has 2 aromatic carbocycles. The standard InChI is InChI=1S/C26H31N5O3/c1-17-5-4-8-30(17)16-24-21-12-22(25(32)13-23(21)27-28-24)26(33)31-14-18-6-7-20(11-19(18)15-31)34-10-9-29(2)3/h6-7,11-13,32H,1,4-5,8-10,14-16H2,2-3H3,(H,27,28). The first kappa shape index (κ1) is 22.3. The zero-order valence-electron chi connectivity index (χ0n) is 19.8. The average Bonchev–Trinajstić information content (AvgIpc) is 3.51.